The summed E-state index contributed by atoms with van der Waals surface area (Å²) >= 11 is 3.40. The van der Waals surface area contributed by atoms with Gasteiger partial charge < -0.3 is 9.42 Å². The maximum Gasteiger partial charge on any atom is 0.232 e. The van der Waals surface area contributed by atoms with Crippen LogP contribution in [0.4, 0.5) is 8.78 Å². The number of carbonyl (C=O) groups is 1. The Balaban J connectivity index is 1.49. The summed E-state index contributed by atoms with van der Waals surface area (Å²) in [7, 11) is 0. The maximum absolute atomic E-state index is 13.9. The number of benzene rings is 2. The Hall–Kier alpha value is -2.61. The standard InChI is InChI=1S/C19H14BrF2N3O2/c20-14-3-1-2-11(6-14)18-23-19(27-24-18)13-7-17(26)25(10-13)9-12-4-5-15(21)8-16(12)22/h1-6,8,13H,7,9-10H2. The lowest BCUT2D eigenvalue weighted by atomic mass is 10.1. The lowest BCUT2D eigenvalue weighted by Gasteiger charge is -2.16. The summed E-state index contributed by atoms with van der Waals surface area (Å²) in [6.07, 6.45) is 0.211. The second kappa shape index (κ2) is 7.19. The molecule has 1 aliphatic rings. The number of carbonyl (C=O) groups excluding carboxylic acids is 1. The molecule has 1 atom stereocenters. The summed E-state index contributed by atoms with van der Waals surface area (Å²) in [5.74, 6) is -0.878. The summed E-state index contributed by atoms with van der Waals surface area (Å²) in [5, 5.41) is 3.99. The number of hydrogen-bond donors (Lipinski definition) is 0. The van der Waals surface area contributed by atoms with Gasteiger partial charge in [-0.2, -0.15) is 4.98 Å². The van der Waals surface area contributed by atoms with Crippen LogP contribution < -0.4 is 0 Å². The monoisotopic (exact) mass is 433 g/mol. The van der Waals surface area contributed by atoms with Gasteiger partial charge in [-0.05, 0) is 18.2 Å². The van der Waals surface area contributed by atoms with Crippen LogP contribution in [0.25, 0.3) is 11.4 Å². The van der Waals surface area contributed by atoms with Gasteiger partial charge in [0.2, 0.25) is 17.6 Å². The molecular weight excluding hydrogens is 420 g/mol. The van der Waals surface area contributed by atoms with Crippen molar-refractivity contribution < 1.29 is 18.1 Å². The van der Waals surface area contributed by atoms with Crippen molar-refractivity contribution in [1.82, 2.24) is 15.0 Å². The first-order valence-corrected chi connectivity index (χ1v) is 9.10. The van der Waals surface area contributed by atoms with E-state index in [0.29, 0.717) is 18.3 Å². The van der Waals surface area contributed by atoms with Crippen LogP contribution in [0.3, 0.4) is 0 Å². The lowest BCUT2D eigenvalue weighted by Crippen LogP contribution is -2.25. The average Bonchev–Trinajstić information content (AvgIpc) is 3.25. The van der Waals surface area contributed by atoms with Gasteiger partial charge in [0.25, 0.3) is 0 Å². The third-order valence-corrected chi connectivity index (χ3v) is 4.96. The highest BCUT2D eigenvalue weighted by molar-refractivity contribution is 9.10. The zero-order valence-electron chi connectivity index (χ0n) is 14.0. The van der Waals surface area contributed by atoms with Gasteiger partial charge in [0.1, 0.15) is 11.6 Å². The summed E-state index contributed by atoms with van der Waals surface area (Å²) in [6.45, 7) is 0.420. The molecule has 8 heteroatoms. The summed E-state index contributed by atoms with van der Waals surface area (Å²) in [5.41, 5.74) is 1.07. The fraction of sp³-hybridized carbons (Fsp3) is 0.211. The van der Waals surface area contributed by atoms with Crippen molar-refractivity contribution in [3.05, 3.63) is 70.0 Å². The van der Waals surface area contributed by atoms with Gasteiger partial charge in [0.05, 0.1) is 5.92 Å². The maximum atomic E-state index is 13.9. The molecule has 2 heterocycles. The first-order valence-electron chi connectivity index (χ1n) is 8.31. The minimum absolute atomic E-state index is 0.0775. The van der Waals surface area contributed by atoms with Crippen LogP contribution in [0, 0.1) is 11.6 Å². The van der Waals surface area contributed by atoms with E-state index >= 15 is 0 Å². The molecule has 0 aliphatic carbocycles. The molecule has 0 spiro atoms. The van der Waals surface area contributed by atoms with Gasteiger partial charge in [-0.15, -0.1) is 0 Å². The highest BCUT2D eigenvalue weighted by Gasteiger charge is 2.34. The predicted molar refractivity (Wildman–Crippen MR) is 96.6 cm³/mol. The minimum Gasteiger partial charge on any atom is -0.339 e. The zero-order chi connectivity index (χ0) is 19.0. The smallest absolute Gasteiger partial charge is 0.232 e. The molecule has 1 aliphatic heterocycles. The van der Waals surface area contributed by atoms with Crippen molar-refractivity contribution in [2.24, 2.45) is 0 Å². The quantitative estimate of drug-likeness (QED) is 0.615. The van der Waals surface area contributed by atoms with E-state index in [4.69, 9.17) is 4.52 Å². The Morgan fingerprint density at radius 1 is 1.22 bits per heavy atom. The normalized spacial score (nSPS) is 16.9. The van der Waals surface area contributed by atoms with Gasteiger partial charge in [0, 0.05) is 41.2 Å². The minimum atomic E-state index is -0.666. The van der Waals surface area contributed by atoms with Gasteiger partial charge >= 0.3 is 0 Å². The second-order valence-corrected chi connectivity index (χ2v) is 7.29. The number of hydrogen-bond acceptors (Lipinski definition) is 4. The molecule has 0 bridgehead atoms. The van der Waals surface area contributed by atoms with E-state index < -0.39 is 11.6 Å². The van der Waals surface area contributed by atoms with E-state index in [1.807, 2.05) is 24.3 Å². The van der Waals surface area contributed by atoms with E-state index in [2.05, 4.69) is 26.1 Å². The van der Waals surface area contributed by atoms with Crippen molar-refractivity contribution in [2.45, 2.75) is 18.9 Å². The SMILES string of the molecule is O=C1CC(c2nc(-c3cccc(Br)c3)no2)CN1Cc1ccc(F)cc1F. The van der Waals surface area contributed by atoms with Crippen LogP contribution in [-0.4, -0.2) is 27.5 Å². The zero-order valence-corrected chi connectivity index (χ0v) is 15.6. The molecule has 1 aromatic heterocycles. The Labute approximate surface area is 162 Å². The molecule has 5 nitrogen and oxygen atoms in total. The van der Waals surface area contributed by atoms with Gasteiger partial charge in [-0.3, -0.25) is 4.79 Å². The first-order chi connectivity index (χ1) is 13.0. The van der Waals surface area contributed by atoms with Crippen LogP contribution in [-0.2, 0) is 11.3 Å². The van der Waals surface area contributed by atoms with Crippen LogP contribution in [0.5, 0.6) is 0 Å². The fourth-order valence-corrected chi connectivity index (χ4v) is 3.49. The molecule has 0 N–H and O–H groups in total. The predicted octanol–water partition coefficient (Wildman–Crippen LogP) is 4.29. The number of likely N-dealkylation sites (tertiary alicyclic amines) is 1. The Morgan fingerprint density at radius 3 is 2.85 bits per heavy atom. The van der Waals surface area contributed by atoms with Crippen molar-refractivity contribution in [3.8, 4) is 11.4 Å². The fourth-order valence-electron chi connectivity index (χ4n) is 3.09. The van der Waals surface area contributed by atoms with Crippen LogP contribution >= 0.6 is 15.9 Å². The van der Waals surface area contributed by atoms with Gasteiger partial charge in [0.15, 0.2) is 0 Å². The highest BCUT2D eigenvalue weighted by atomic mass is 79.9. The molecule has 138 valence electrons. The summed E-state index contributed by atoms with van der Waals surface area (Å²) in [4.78, 5) is 18.2. The van der Waals surface area contributed by atoms with Gasteiger partial charge in [-0.1, -0.05) is 39.3 Å². The molecule has 3 aromatic rings. The Kier molecular flexibility index (Phi) is 4.73. The number of halogens is 3. The van der Waals surface area contributed by atoms with Crippen molar-refractivity contribution in [1.29, 1.82) is 0 Å². The third-order valence-electron chi connectivity index (χ3n) is 4.46. The second-order valence-electron chi connectivity index (χ2n) is 6.38. The van der Waals surface area contributed by atoms with Crippen molar-refractivity contribution in [3.63, 3.8) is 0 Å². The van der Waals surface area contributed by atoms with Crippen molar-refractivity contribution in [2.75, 3.05) is 6.54 Å². The number of amides is 1. The largest absolute Gasteiger partial charge is 0.339 e. The van der Waals surface area contributed by atoms with E-state index in [1.165, 1.54) is 17.0 Å². The molecule has 2 aromatic carbocycles. The molecule has 4 rings (SSSR count). The van der Waals surface area contributed by atoms with Crippen LogP contribution in [0.15, 0.2) is 51.5 Å². The lowest BCUT2D eigenvalue weighted by molar-refractivity contribution is -0.128. The highest BCUT2D eigenvalue weighted by Crippen LogP contribution is 2.30. The number of rotatable bonds is 4. The molecule has 1 amide bonds. The van der Waals surface area contributed by atoms with E-state index in [-0.39, 0.29) is 30.4 Å². The molecule has 0 radical (unpaired) electrons. The molecule has 0 saturated carbocycles. The average molecular weight is 434 g/mol. The topological polar surface area (TPSA) is 59.2 Å². The molecule has 1 unspecified atom stereocenters. The third kappa shape index (κ3) is 3.75. The Morgan fingerprint density at radius 2 is 2.07 bits per heavy atom. The first kappa shape index (κ1) is 17.8. The number of aromatic nitrogens is 2. The van der Waals surface area contributed by atoms with E-state index in [0.717, 1.165) is 16.1 Å². The van der Waals surface area contributed by atoms with Crippen LogP contribution in [0.1, 0.15) is 23.8 Å². The summed E-state index contributed by atoms with van der Waals surface area (Å²) < 4.78 is 33.1. The number of nitrogens with zero attached hydrogens (tertiary/aromatic N) is 3. The van der Waals surface area contributed by atoms with Gasteiger partial charge in [-0.25, -0.2) is 8.78 Å². The molecular formula is C19H14BrF2N3O2. The molecule has 1 fully saturated rings. The van der Waals surface area contributed by atoms with E-state index in [1.54, 1.807) is 0 Å². The molecule has 1 saturated heterocycles. The van der Waals surface area contributed by atoms with E-state index in [9.17, 15) is 13.6 Å². The van der Waals surface area contributed by atoms with Crippen LogP contribution in [0.2, 0.25) is 0 Å². The summed E-state index contributed by atoms with van der Waals surface area (Å²) in [6, 6.07) is 10.8. The molecule has 27 heavy (non-hydrogen) atoms. The Bertz CT molecular complexity index is 1010. The van der Waals surface area contributed by atoms with Crippen molar-refractivity contribution >= 4 is 21.8 Å².